The largest absolute Gasteiger partial charge is 0.310 e. The van der Waals surface area contributed by atoms with Gasteiger partial charge in [-0.25, -0.2) is 9.37 Å². The maximum Gasteiger partial charge on any atom is 0.155 e. The molecule has 0 saturated heterocycles. The second-order valence-corrected chi connectivity index (χ2v) is 8.51. The molecular weight excluding hydrogens is 351 g/mol. The molecule has 1 aliphatic carbocycles. The summed E-state index contributed by atoms with van der Waals surface area (Å²) < 4.78 is 15.1. The highest BCUT2D eigenvalue weighted by Gasteiger charge is 2.26. The lowest BCUT2D eigenvalue weighted by molar-refractivity contribution is 0.205. The minimum atomic E-state index is -0.140. The van der Waals surface area contributed by atoms with E-state index in [4.69, 9.17) is 0 Å². The van der Waals surface area contributed by atoms with E-state index in [0.29, 0.717) is 29.4 Å². The summed E-state index contributed by atoms with van der Waals surface area (Å²) in [5.74, 6) is 0.569. The van der Waals surface area contributed by atoms with Crippen LogP contribution in [-0.4, -0.2) is 21.2 Å². The fraction of sp³-hybridized carbons (Fsp3) is 0.391. The lowest BCUT2D eigenvalue weighted by Crippen LogP contribution is -2.35. The van der Waals surface area contributed by atoms with Crippen LogP contribution in [0.5, 0.6) is 0 Å². The number of aromatic nitrogens is 3. The van der Waals surface area contributed by atoms with Crippen molar-refractivity contribution >= 4 is 0 Å². The topological polar surface area (TPSA) is 53.6 Å². The molecule has 0 spiro atoms. The van der Waals surface area contributed by atoms with Gasteiger partial charge in [0.25, 0.3) is 0 Å². The normalized spacial score (nSPS) is 17.0. The number of rotatable bonds is 5. The van der Waals surface area contributed by atoms with Crippen molar-refractivity contribution in [1.29, 1.82) is 0 Å². The first-order valence-corrected chi connectivity index (χ1v) is 9.99. The molecule has 4 nitrogen and oxygen atoms in total. The standard InChI is InChI=1S/C23H27FN4/c1-23(2)12-10-19(11-13-23)25-14-18-4-3-5-20(21(18)24)16-6-8-17(9-7-16)22-26-15-27-28-22/h3-9,15,19,25H,10-14H2,1-2H3,(H,26,27,28). The zero-order chi connectivity index (χ0) is 19.6. The first kappa shape index (κ1) is 18.8. The molecule has 0 atom stereocenters. The molecule has 0 amide bonds. The average molecular weight is 378 g/mol. The summed E-state index contributed by atoms with van der Waals surface area (Å²) in [6, 6.07) is 13.9. The Kier molecular flexibility index (Phi) is 5.27. The highest BCUT2D eigenvalue weighted by molar-refractivity contribution is 5.68. The van der Waals surface area contributed by atoms with Gasteiger partial charge in [0.05, 0.1) is 0 Å². The van der Waals surface area contributed by atoms with Crippen molar-refractivity contribution in [3.05, 3.63) is 60.2 Å². The van der Waals surface area contributed by atoms with Gasteiger partial charge in [0.2, 0.25) is 0 Å². The fourth-order valence-electron chi connectivity index (χ4n) is 3.95. The zero-order valence-corrected chi connectivity index (χ0v) is 16.5. The van der Waals surface area contributed by atoms with Crippen LogP contribution in [0.15, 0.2) is 48.8 Å². The molecule has 0 radical (unpaired) electrons. The van der Waals surface area contributed by atoms with Crippen LogP contribution >= 0.6 is 0 Å². The predicted octanol–water partition coefficient (Wildman–Crippen LogP) is 5.34. The number of aromatic amines is 1. The Labute approximate surface area is 165 Å². The van der Waals surface area contributed by atoms with Crippen LogP contribution in [0.25, 0.3) is 22.5 Å². The van der Waals surface area contributed by atoms with E-state index < -0.39 is 0 Å². The summed E-state index contributed by atoms with van der Waals surface area (Å²) in [5, 5.41) is 10.3. The van der Waals surface area contributed by atoms with Crippen LogP contribution in [0, 0.1) is 11.2 Å². The summed E-state index contributed by atoms with van der Waals surface area (Å²) in [4.78, 5) is 4.15. The van der Waals surface area contributed by atoms with Crippen molar-refractivity contribution in [3.8, 4) is 22.5 Å². The number of H-pyrrole nitrogens is 1. The molecule has 1 saturated carbocycles. The maximum atomic E-state index is 15.1. The van der Waals surface area contributed by atoms with Gasteiger partial charge in [-0.2, -0.15) is 5.10 Å². The Morgan fingerprint density at radius 3 is 2.46 bits per heavy atom. The molecule has 0 aliphatic heterocycles. The zero-order valence-electron chi connectivity index (χ0n) is 16.5. The van der Waals surface area contributed by atoms with E-state index in [2.05, 4.69) is 34.3 Å². The van der Waals surface area contributed by atoms with E-state index in [1.54, 1.807) is 0 Å². The van der Waals surface area contributed by atoms with E-state index in [1.165, 1.54) is 19.2 Å². The van der Waals surface area contributed by atoms with E-state index in [0.717, 1.165) is 29.5 Å². The molecule has 28 heavy (non-hydrogen) atoms. The van der Waals surface area contributed by atoms with Crippen LogP contribution in [0.4, 0.5) is 4.39 Å². The Bertz CT molecular complexity index is 906. The monoisotopic (exact) mass is 378 g/mol. The number of halogens is 1. The van der Waals surface area contributed by atoms with Crippen LogP contribution in [0.2, 0.25) is 0 Å². The Morgan fingerprint density at radius 2 is 1.79 bits per heavy atom. The predicted molar refractivity (Wildman–Crippen MR) is 110 cm³/mol. The molecule has 0 unspecified atom stereocenters. The van der Waals surface area contributed by atoms with Crippen LogP contribution in [-0.2, 0) is 6.54 Å². The van der Waals surface area contributed by atoms with Crippen molar-refractivity contribution in [2.45, 2.75) is 52.1 Å². The summed E-state index contributed by atoms with van der Waals surface area (Å²) in [5.41, 5.74) is 3.60. The highest BCUT2D eigenvalue weighted by Crippen LogP contribution is 2.35. The van der Waals surface area contributed by atoms with Crippen molar-refractivity contribution in [1.82, 2.24) is 20.5 Å². The molecule has 2 N–H and O–H groups in total. The number of benzene rings is 2. The molecule has 5 heteroatoms. The van der Waals surface area contributed by atoms with Crippen LogP contribution in [0.1, 0.15) is 45.1 Å². The molecule has 4 rings (SSSR count). The smallest absolute Gasteiger partial charge is 0.155 e. The van der Waals surface area contributed by atoms with E-state index >= 15 is 4.39 Å². The van der Waals surface area contributed by atoms with Crippen molar-refractivity contribution in [3.63, 3.8) is 0 Å². The van der Waals surface area contributed by atoms with Gasteiger partial charge in [-0.1, -0.05) is 56.3 Å². The molecular formula is C23H27FN4. The number of nitrogens with one attached hydrogen (secondary N) is 2. The molecule has 1 fully saturated rings. The average Bonchev–Trinajstić information content (AvgIpc) is 3.23. The molecule has 0 bridgehead atoms. The van der Waals surface area contributed by atoms with E-state index in [1.807, 2.05) is 42.5 Å². The first-order valence-electron chi connectivity index (χ1n) is 9.99. The first-order chi connectivity index (χ1) is 13.5. The van der Waals surface area contributed by atoms with Gasteiger partial charge < -0.3 is 5.32 Å². The highest BCUT2D eigenvalue weighted by atomic mass is 19.1. The minimum Gasteiger partial charge on any atom is -0.310 e. The minimum absolute atomic E-state index is 0.140. The van der Waals surface area contributed by atoms with Crippen LogP contribution < -0.4 is 5.32 Å². The Balaban J connectivity index is 1.46. The maximum absolute atomic E-state index is 15.1. The molecule has 146 valence electrons. The second kappa shape index (κ2) is 7.84. The van der Waals surface area contributed by atoms with Crippen molar-refractivity contribution in [2.75, 3.05) is 0 Å². The van der Waals surface area contributed by atoms with E-state index in [9.17, 15) is 0 Å². The van der Waals surface area contributed by atoms with Gasteiger partial charge in [-0.15, -0.1) is 0 Å². The SMILES string of the molecule is CC1(C)CCC(NCc2cccc(-c3ccc(-c4ncn[nH]4)cc3)c2F)CC1. The summed E-state index contributed by atoms with van der Waals surface area (Å²) in [7, 11) is 0. The molecule has 1 aliphatic rings. The van der Waals surface area contributed by atoms with Gasteiger partial charge >= 0.3 is 0 Å². The van der Waals surface area contributed by atoms with Crippen molar-refractivity contribution in [2.24, 2.45) is 5.41 Å². The summed E-state index contributed by atoms with van der Waals surface area (Å²) in [6.07, 6.45) is 6.26. The Hall–Kier alpha value is -2.53. The fourth-order valence-corrected chi connectivity index (χ4v) is 3.95. The van der Waals surface area contributed by atoms with Gasteiger partial charge in [-0.3, -0.25) is 5.10 Å². The Morgan fingerprint density at radius 1 is 1.07 bits per heavy atom. The molecule has 3 aromatic rings. The third-order valence-electron chi connectivity index (χ3n) is 5.88. The summed E-state index contributed by atoms with van der Waals surface area (Å²) >= 11 is 0. The van der Waals surface area contributed by atoms with Crippen molar-refractivity contribution < 1.29 is 4.39 Å². The second-order valence-electron chi connectivity index (χ2n) is 8.51. The molecule has 2 aromatic carbocycles. The lowest BCUT2D eigenvalue weighted by Gasteiger charge is -2.34. The molecule has 1 aromatic heterocycles. The third-order valence-corrected chi connectivity index (χ3v) is 5.88. The lowest BCUT2D eigenvalue weighted by atomic mass is 9.75. The van der Waals surface area contributed by atoms with E-state index in [-0.39, 0.29) is 5.82 Å². The molecule has 1 heterocycles. The van der Waals surface area contributed by atoms with Gasteiger partial charge in [0.1, 0.15) is 12.1 Å². The number of hydrogen-bond acceptors (Lipinski definition) is 3. The van der Waals surface area contributed by atoms with Gasteiger partial charge in [0, 0.05) is 29.3 Å². The quantitative estimate of drug-likeness (QED) is 0.630. The number of hydrogen-bond donors (Lipinski definition) is 2. The van der Waals surface area contributed by atoms with Crippen LogP contribution in [0.3, 0.4) is 0 Å². The third kappa shape index (κ3) is 4.14. The number of nitrogens with zero attached hydrogens (tertiary/aromatic N) is 2. The van der Waals surface area contributed by atoms with Gasteiger partial charge in [-0.05, 0) is 36.7 Å². The summed E-state index contributed by atoms with van der Waals surface area (Å²) in [6.45, 7) is 5.24. The van der Waals surface area contributed by atoms with Gasteiger partial charge in [0.15, 0.2) is 5.82 Å².